The van der Waals surface area contributed by atoms with E-state index in [4.69, 9.17) is 9.47 Å². The van der Waals surface area contributed by atoms with Crippen molar-refractivity contribution < 1.29 is 18.7 Å². The van der Waals surface area contributed by atoms with E-state index in [0.717, 1.165) is 27.0 Å². The van der Waals surface area contributed by atoms with Gasteiger partial charge in [-0.2, -0.15) is 0 Å². The van der Waals surface area contributed by atoms with Gasteiger partial charge in [-0.1, -0.05) is 28.1 Å². The lowest BCUT2D eigenvalue weighted by Crippen LogP contribution is -2.06. The summed E-state index contributed by atoms with van der Waals surface area (Å²) in [6.07, 6.45) is 0. The molecule has 3 aromatic carbocycles. The van der Waals surface area contributed by atoms with Gasteiger partial charge in [-0.25, -0.2) is 4.39 Å². The fourth-order valence-corrected chi connectivity index (χ4v) is 3.26. The second-order valence-corrected chi connectivity index (χ2v) is 7.48. The quantitative estimate of drug-likeness (QED) is 0.438. The molecule has 0 unspecified atom stereocenters. The zero-order chi connectivity index (χ0) is 21.5. The van der Waals surface area contributed by atoms with Gasteiger partial charge in [-0.3, -0.25) is 4.79 Å². The molecule has 0 atom stereocenters. The van der Waals surface area contributed by atoms with Crippen molar-refractivity contribution in [3.8, 4) is 11.5 Å². The van der Waals surface area contributed by atoms with E-state index in [-0.39, 0.29) is 11.7 Å². The summed E-state index contributed by atoms with van der Waals surface area (Å²) in [6.45, 7) is 2.35. The Morgan fingerprint density at radius 2 is 1.67 bits per heavy atom. The number of rotatable bonds is 8. The Morgan fingerprint density at radius 3 is 2.30 bits per heavy atom. The molecular weight excluding hydrogens is 451 g/mol. The number of nitrogens with one attached hydrogen (secondary N) is 2. The van der Waals surface area contributed by atoms with Crippen molar-refractivity contribution in [3.63, 3.8) is 0 Å². The standard InChI is InChI=1S/C23H22BrFN2O3/c1-15(28)27-20-9-7-19(8-10-20)26-13-17-11-22(29-2)23(12-21(17)24)30-14-16-3-5-18(25)6-4-16/h3-12,26H,13-14H2,1-2H3,(H,27,28). The Hall–Kier alpha value is -3.06. The first-order valence-electron chi connectivity index (χ1n) is 9.30. The highest BCUT2D eigenvalue weighted by Gasteiger charge is 2.11. The van der Waals surface area contributed by atoms with Crippen LogP contribution < -0.4 is 20.1 Å². The van der Waals surface area contributed by atoms with Crippen molar-refractivity contribution in [1.29, 1.82) is 0 Å². The van der Waals surface area contributed by atoms with Crippen LogP contribution in [-0.4, -0.2) is 13.0 Å². The van der Waals surface area contributed by atoms with Crippen molar-refractivity contribution in [2.75, 3.05) is 17.7 Å². The molecule has 0 radical (unpaired) electrons. The van der Waals surface area contributed by atoms with Crippen LogP contribution in [0.4, 0.5) is 15.8 Å². The number of hydrogen-bond acceptors (Lipinski definition) is 4. The van der Waals surface area contributed by atoms with E-state index in [1.165, 1.54) is 19.1 Å². The van der Waals surface area contributed by atoms with Crippen molar-refractivity contribution in [2.45, 2.75) is 20.1 Å². The van der Waals surface area contributed by atoms with Crippen LogP contribution in [0.1, 0.15) is 18.1 Å². The lowest BCUT2D eigenvalue weighted by atomic mass is 10.2. The van der Waals surface area contributed by atoms with E-state index in [1.807, 2.05) is 36.4 Å². The topological polar surface area (TPSA) is 59.6 Å². The smallest absolute Gasteiger partial charge is 0.221 e. The van der Waals surface area contributed by atoms with Gasteiger partial charge in [0.05, 0.1) is 7.11 Å². The van der Waals surface area contributed by atoms with Crippen LogP contribution in [0, 0.1) is 5.82 Å². The number of benzene rings is 3. The number of carbonyl (C=O) groups excluding carboxylic acids is 1. The highest BCUT2D eigenvalue weighted by atomic mass is 79.9. The molecule has 7 heteroatoms. The van der Waals surface area contributed by atoms with E-state index < -0.39 is 0 Å². The second-order valence-electron chi connectivity index (χ2n) is 6.62. The number of hydrogen-bond donors (Lipinski definition) is 2. The van der Waals surface area contributed by atoms with Crippen LogP contribution in [0.5, 0.6) is 11.5 Å². The number of carbonyl (C=O) groups is 1. The van der Waals surface area contributed by atoms with Gasteiger partial charge in [0.2, 0.25) is 5.91 Å². The third-order valence-corrected chi connectivity index (χ3v) is 5.07. The zero-order valence-electron chi connectivity index (χ0n) is 16.7. The predicted octanol–water partition coefficient (Wildman–Crippen LogP) is 5.75. The van der Waals surface area contributed by atoms with Crippen LogP contribution in [0.2, 0.25) is 0 Å². The molecule has 0 saturated heterocycles. The number of anilines is 2. The molecule has 2 N–H and O–H groups in total. The fraction of sp³-hybridized carbons (Fsp3) is 0.174. The Kier molecular flexibility index (Phi) is 7.30. The van der Waals surface area contributed by atoms with Gasteiger partial charge in [0.15, 0.2) is 11.5 Å². The maximum Gasteiger partial charge on any atom is 0.221 e. The SMILES string of the molecule is COc1cc(CNc2ccc(NC(C)=O)cc2)c(Br)cc1OCc1ccc(F)cc1. The van der Waals surface area contributed by atoms with Gasteiger partial charge in [0.25, 0.3) is 0 Å². The summed E-state index contributed by atoms with van der Waals surface area (Å²) >= 11 is 3.59. The number of amides is 1. The molecule has 0 aliphatic heterocycles. The maximum atomic E-state index is 13.0. The third kappa shape index (κ3) is 5.97. The molecule has 0 bridgehead atoms. The highest BCUT2D eigenvalue weighted by Crippen LogP contribution is 2.34. The van der Waals surface area contributed by atoms with Gasteiger partial charge >= 0.3 is 0 Å². The first kappa shape index (κ1) is 21.6. The first-order valence-corrected chi connectivity index (χ1v) is 10.1. The predicted molar refractivity (Wildman–Crippen MR) is 119 cm³/mol. The number of methoxy groups -OCH3 is 1. The Bertz CT molecular complexity index is 1010. The average Bonchev–Trinajstić information content (AvgIpc) is 2.73. The van der Waals surface area contributed by atoms with E-state index >= 15 is 0 Å². The van der Waals surface area contributed by atoms with Gasteiger partial charge in [-0.05, 0) is 59.7 Å². The molecule has 0 heterocycles. The number of halogens is 2. The van der Waals surface area contributed by atoms with Crippen molar-refractivity contribution in [1.82, 2.24) is 0 Å². The Morgan fingerprint density at radius 1 is 1.00 bits per heavy atom. The molecule has 0 aromatic heterocycles. The summed E-state index contributed by atoms with van der Waals surface area (Å²) in [4.78, 5) is 11.1. The fourth-order valence-electron chi connectivity index (χ4n) is 2.80. The molecule has 0 saturated carbocycles. The van der Waals surface area contributed by atoms with Crippen LogP contribution in [-0.2, 0) is 17.9 Å². The summed E-state index contributed by atoms with van der Waals surface area (Å²) in [7, 11) is 1.59. The Balaban J connectivity index is 1.65. The van der Waals surface area contributed by atoms with Gasteiger partial charge in [-0.15, -0.1) is 0 Å². The molecule has 0 aliphatic rings. The normalized spacial score (nSPS) is 10.4. The molecule has 0 spiro atoms. The lowest BCUT2D eigenvalue weighted by molar-refractivity contribution is -0.114. The minimum absolute atomic E-state index is 0.103. The summed E-state index contributed by atoms with van der Waals surface area (Å²) < 4.78 is 25.3. The molecule has 30 heavy (non-hydrogen) atoms. The van der Waals surface area contributed by atoms with Crippen molar-refractivity contribution in [2.24, 2.45) is 0 Å². The van der Waals surface area contributed by atoms with Crippen LogP contribution in [0.25, 0.3) is 0 Å². The maximum absolute atomic E-state index is 13.0. The highest BCUT2D eigenvalue weighted by molar-refractivity contribution is 9.10. The molecule has 1 amide bonds. The monoisotopic (exact) mass is 472 g/mol. The molecule has 3 rings (SSSR count). The van der Waals surface area contributed by atoms with E-state index in [1.54, 1.807) is 19.2 Å². The average molecular weight is 473 g/mol. The molecule has 0 fully saturated rings. The summed E-state index contributed by atoms with van der Waals surface area (Å²) in [5.41, 5.74) is 3.53. The minimum atomic E-state index is -0.277. The van der Waals surface area contributed by atoms with Gasteiger partial charge in [0.1, 0.15) is 12.4 Å². The van der Waals surface area contributed by atoms with Crippen LogP contribution in [0.3, 0.4) is 0 Å². The van der Waals surface area contributed by atoms with E-state index in [0.29, 0.717) is 24.7 Å². The largest absolute Gasteiger partial charge is 0.493 e. The van der Waals surface area contributed by atoms with Crippen molar-refractivity contribution in [3.05, 3.63) is 82.1 Å². The lowest BCUT2D eigenvalue weighted by Gasteiger charge is -2.15. The second kappa shape index (κ2) is 10.1. The first-order chi connectivity index (χ1) is 14.4. The Labute approximate surface area is 183 Å². The van der Waals surface area contributed by atoms with Gasteiger partial charge < -0.3 is 20.1 Å². The van der Waals surface area contributed by atoms with Gasteiger partial charge in [0, 0.05) is 29.3 Å². The summed E-state index contributed by atoms with van der Waals surface area (Å²) in [5, 5.41) is 6.08. The molecule has 3 aromatic rings. The summed E-state index contributed by atoms with van der Waals surface area (Å²) in [6, 6.07) is 17.4. The van der Waals surface area contributed by atoms with Crippen LogP contribution >= 0.6 is 15.9 Å². The zero-order valence-corrected chi connectivity index (χ0v) is 18.3. The van der Waals surface area contributed by atoms with Crippen molar-refractivity contribution >= 4 is 33.2 Å². The van der Waals surface area contributed by atoms with E-state index in [2.05, 4.69) is 26.6 Å². The third-order valence-electron chi connectivity index (χ3n) is 4.33. The van der Waals surface area contributed by atoms with E-state index in [9.17, 15) is 9.18 Å². The molecule has 5 nitrogen and oxygen atoms in total. The molecular formula is C23H22BrFN2O3. The van der Waals surface area contributed by atoms with Crippen LogP contribution in [0.15, 0.2) is 65.1 Å². The molecule has 156 valence electrons. The minimum Gasteiger partial charge on any atom is -0.493 e. The number of ether oxygens (including phenoxy) is 2. The molecule has 0 aliphatic carbocycles. The summed E-state index contributed by atoms with van der Waals surface area (Å²) in [5.74, 6) is 0.824.